The van der Waals surface area contributed by atoms with E-state index in [0.29, 0.717) is 12.2 Å². The Kier molecular flexibility index (Phi) is 1.96. The maximum absolute atomic E-state index is 11.7. The van der Waals surface area contributed by atoms with Gasteiger partial charge in [0.1, 0.15) is 11.6 Å². The minimum Gasteiger partial charge on any atom is -0.506 e. The molecule has 0 saturated carbocycles. The van der Waals surface area contributed by atoms with Crippen molar-refractivity contribution in [2.24, 2.45) is 0 Å². The highest BCUT2D eigenvalue weighted by atomic mass is 16.3. The second-order valence-corrected chi connectivity index (χ2v) is 4.28. The van der Waals surface area contributed by atoms with Crippen LogP contribution in [0.4, 0.5) is 5.82 Å². The summed E-state index contributed by atoms with van der Waals surface area (Å²) < 4.78 is 0. The van der Waals surface area contributed by atoms with Gasteiger partial charge in [0.25, 0.3) is 0 Å². The first-order chi connectivity index (χ1) is 6.98. The zero-order valence-corrected chi connectivity index (χ0v) is 9.09. The Morgan fingerprint density at radius 1 is 1.53 bits per heavy atom. The Morgan fingerprint density at radius 2 is 2.20 bits per heavy atom. The molecule has 4 heteroatoms. The fourth-order valence-electron chi connectivity index (χ4n) is 2.04. The smallest absolute Gasteiger partial charge is 0.235 e. The van der Waals surface area contributed by atoms with Crippen LogP contribution in [0.15, 0.2) is 6.20 Å². The molecule has 0 spiro atoms. The van der Waals surface area contributed by atoms with Gasteiger partial charge in [-0.05, 0) is 20.3 Å². The van der Waals surface area contributed by atoms with Crippen molar-refractivity contribution in [3.05, 3.63) is 17.3 Å². The van der Waals surface area contributed by atoms with Gasteiger partial charge in [0, 0.05) is 11.1 Å². The molecule has 0 fully saturated rings. The zero-order valence-electron chi connectivity index (χ0n) is 9.09. The van der Waals surface area contributed by atoms with E-state index in [9.17, 15) is 9.90 Å². The molecule has 0 saturated heterocycles. The van der Waals surface area contributed by atoms with Crippen LogP contribution in [0, 0.1) is 0 Å². The van der Waals surface area contributed by atoms with E-state index in [1.54, 1.807) is 0 Å². The summed E-state index contributed by atoms with van der Waals surface area (Å²) in [6, 6.07) is 0. The van der Waals surface area contributed by atoms with Crippen LogP contribution in [-0.4, -0.2) is 16.0 Å². The molecule has 2 heterocycles. The largest absolute Gasteiger partial charge is 0.506 e. The molecule has 0 atom stereocenters. The molecule has 0 aromatic carbocycles. The van der Waals surface area contributed by atoms with Crippen molar-refractivity contribution in [1.82, 2.24) is 4.98 Å². The molecular formula is C11H14N2O2. The Bertz CT molecular complexity index is 438. The second kappa shape index (κ2) is 2.95. The van der Waals surface area contributed by atoms with Gasteiger partial charge in [-0.25, -0.2) is 4.98 Å². The van der Waals surface area contributed by atoms with E-state index in [4.69, 9.17) is 0 Å². The minimum absolute atomic E-state index is 0.0645. The van der Waals surface area contributed by atoms with Crippen LogP contribution < -0.4 is 5.32 Å². The second-order valence-electron chi connectivity index (χ2n) is 4.28. The van der Waals surface area contributed by atoms with E-state index in [1.165, 1.54) is 6.20 Å². The molecule has 1 aromatic rings. The van der Waals surface area contributed by atoms with Crippen molar-refractivity contribution in [2.45, 2.75) is 32.6 Å². The lowest BCUT2D eigenvalue weighted by molar-refractivity contribution is -0.119. The summed E-state index contributed by atoms with van der Waals surface area (Å²) >= 11 is 0. The van der Waals surface area contributed by atoms with E-state index in [2.05, 4.69) is 10.3 Å². The lowest BCUT2D eigenvalue weighted by Crippen LogP contribution is -2.27. The molecule has 0 bridgehead atoms. The molecule has 0 aliphatic carbocycles. The third-order valence-electron chi connectivity index (χ3n) is 2.94. The Labute approximate surface area is 88.3 Å². The van der Waals surface area contributed by atoms with E-state index >= 15 is 0 Å². The van der Waals surface area contributed by atoms with Crippen LogP contribution in [0.2, 0.25) is 0 Å². The number of amides is 1. The van der Waals surface area contributed by atoms with E-state index < -0.39 is 5.41 Å². The summed E-state index contributed by atoms with van der Waals surface area (Å²) in [4.78, 5) is 15.7. The monoisotopic (exact) mass is 206 g/mol. The first-order valence-electron chi connectivity index (χ1n) is 5.01. The molecule has 1 amide bonds. The number of rotatable bonds is 1. The predicted octanol–water partition coefficient (Wildman–Crippen LogP) is 1.58. The summed E-state index contributed by atoms with van der Waals surface area (Å²) in [7, 11) is 0. The van der Waals surface area contributed by atoms with Crippen LogP contribution in [0.3, 0.4) is 0 Å². The summed E-state index contributed by atoms with van der Waals surface area (Å²) in [5.74, 6) is 0.686. The highest BCUT2D eigenvalue weighted by Gasteiger charge is 2.41. The number of hydrogen-bond acceptors (Lipinski definition) is 3. The summed E-state index contributed by atoms with van der Waals surface area (Å²) in [5.41, 5.74) is 1.03. The fraction of sp³-hybridized carbons (Fsp3) is 0.455. The number of pyridine rings is 1. The van der Waals surface area contributed by atoms with Crippen LogP contribution in [0.1, 0.15) is 31.9 Å². The van der Waals surface area contributed by atoms with E-state index in [-0.39, 0.29) is 11.7 Å². The fourth-order valence-corrected chi connectivity index (χ4v) is 2.04. The number of aromatic hydroxyl groups is 1. The number of fused-ring (bicyclic) bond motifs is 1. The molecule has 15 heavy (non-hydrogen) atoms. The van der Waals surface area contributed by atoms with Crippen molar-refractivity contribution in [2.75, 3.05) is 5.32 Å². The van der Waals surface area contributed by atoms with Crippen molar-refractivity contribution in [1.29, 1.82) is 0 Å². The molecular weight excluding hydrogens is 192 g/mol. The van der Waals surface area contributed by atoms with Gasteiger partial charge in [0.05, 0.1) is 11.6 Å². The minimum atomic E-state index is -0.605. The molecule has 2 N–H and O–H groups in total. The summed E-state index contributed by atoms with van der Waals surface area (Å²) in [5, 5.41) is 12.4. The molecule has 1 aliphatic rings. The summed E-state index contributed by atoms with van der Waals surface area (Å²) in [6.07, 6.45) is 2.08. The molecule has 0 unspecified atom stereocenters. The van der Waals surface area contributed by atoms with Crippen LogP contribution in [0.5, 0.6) is 5.75 Å². The van der Waals surface area contributed by atoms with Gasteiger partial charge in [-0.3, -0.25) is 4.79 Å². The maximum Gasteiger partial charge on any atom is 0.235 e. The lowest BCUT2D eigenvalue weighted by atomic mass is 9.83. The van der Waals surface area contributed by atoms with Crippen molar-refractivity contribution in [3.8, 4) is 5.75 Å². The third-order valence-corrected chi connectivity index (χ3v) is 2.94. The number of hydrogen-bond donors (Lipinski definition) is 2. The highest BCUT2D eigenvalue weighted by Crippen LogP contribution is 2.41. The van der Waals surface area contributed by atoms with Gasteiger partial charge >= 0.3 is 0 Å². The third kappa shape index (κ3) is 1.21. The normalized spacial score (nSPS) is 17.4. The van der Waals surface area contributed by atoms with Crippen LogP contribution >= 0.6 is 0 Å². The average Bonchev–Trinajstić information content (AvgIpc) is 2.40. The number of nitrogens with zero attached hydrogens (tertiary/aromatic N) is 1. The van der Waals surface area contributed by atoms with Gasteiger partial charge < -0.3 is 10.4 Å². The number of carbonyl (C=O) groups excluding carboxylic acids is 1. The first kappa shape index (κ1) is 9.96. The maximum atomic E-state index is 11.7. The lowest BCUT2D eigenvalue weighted by Gasteiger charge is -2.18. The van der Waals surface area contributed by atoms with Gasteiger partial charge in [0.15, 0.2) is 0 Å². The van der Waals surface area contributed by atoms with Crippen LogP contribution in [-0.2, 0) is 16.6 Å². The summed E-state index contributed by atoms with van der Waals surface area (Å²) in [6.45, 7) is 5.64. The molecule has 80 valence electrons. The Morgan fingerprint density at radius 3 is 2.80 bits per heavy atom. The SMILES string of the molecule is CCc1c(O)cnc2c1C(C)(C)C(=O)N2. The predicted molar refractivity (Wildman–Crippen MR) is 56.9 cm³/mol. The molecule has 4 nitrogen and oxygen atoms in total. The Balaban J connectivity index is 2.73. The Hall–Kier alpha value is -1.58. The highest BCUT2D eigenvalue weighted by molar-refractivity contribution is 6.05. The first-order valence-corrected chi connectivity index (χ1v) is 5.01. The van der Waals surface area contributed by atoms with E-state index in [1.807, 2.05) is 20.8 Å². The number of anilines is 1. The average molecular weight is 206 g/mol. The number of nitrogens with one attached hydrogen (secondary N) is 1. The number of carbonyl (C=O) groups is 1. The van der Waals surface area contributed by atoms with E-state index in [0.717, 1.165) is 11.1 Å². The van der Waals surface area contributed by atoms with Gasteiger partial charge in [-0.1, -0.05) is 6.92 Å². The van der Waals surface area contributed by atoms with Crippen molar-refractivity contribution < 1.29 is 9.90 Å². The topological polar surface area (TPSA) is 62.2 Å². The van der Waals surface area contributed by atoms with Crippen LogP contribution in [0.25, 0.3) is 0 Å². The molecule has 0 radical (unpaired) electrons. The van der Waals surface area contributed by atoms with Gasteiger partial charge in [-0.15, -0.1) is 0 Å². The molecule has 1 aliphatic heterocycles. The van der Waals surface area contributed by atoms with Gasteiger partial charge in [-0.2, -0.15) is 0 Å². The quantitative estimate of drug-likeness (QED) is 0.733. The molecule has 2 rings (SSSR count). The van der Waals surface area contributed by atoms with Crippen molar-refractivity contribution in [3.63, 3.8) is 0 Å². The number of aromatic nitrogens is 1. The standard InChI is InChI=1S/C11H14N2O2/c1-4-6-7(14)5-12-9-8(6)11(2,3)10(15)13-9/h5,14H,4H2,1-3H3,(H,12,13,15). The molecule has 1 aromatic heterocycles. The van der Waals surface area contributed by atoms with Gasteiger partial charge in [0.2, 0.25) is 5.91 Å². The van der Waals surface area contributed by atoms with Crippen molar-refractivity contribution >= 4 is 11.7 Å². The zero-order chi connectivity index (χ0) is 11.2.